The molecule has 0 saturated carbocycles. The molecule has 4 aliphatic rings. The van der Waals surface area contributed by atoms with Crippen LogP contribution in [0.3, 0.4) is 0 Å². The van der Waals surface area contributed by atoms with Gasteiger partial charge >= 0.3 is 5.97 Å². The molecule has 4 heterocycles. The summed E-state index contributed by atoms with van der Waals surface area (Å²) in [5.74, 6) is -1.88. The van der Waals surface area contributed by atoms with E-state index in [2.05, 4.69) is 22.5 Å². The highest BCUT2D eigenvalue weighted by atomic mass is 32.2. The van der Waals surface area contributed by atoms with Crippen LogP contribution in [0, 0.1) is 11.8 Å². The molecular weight excluding hydrogens is 366 g/mol. The standard InChI is InChI=1S/C19H27N3O4S/c1-10-15-14(11(2)23)18(24)22(15)16(19(25)26)17(10)27-13-8-12(20-9-13)4-7-21-5-3-6-21/h4,7,10-15,20,23H,3,5-6,8-9H2,1-2H3,(H,25,26)/b7-4+/t10-,11-,12-,13+,14-,15-/m1/s1. The summed E-state index contributed by atoms with van der Waals surface area (Å²) in [5, 5.41) is 23.4. The van der Waals surface area contributed by atoms with Gasteiger partial charge in [0, 0.05) is 41.7 Å². The topological polar surface area (TPSA) is 93.1 Å². The first-order valence-corrected chi connectivity index (χ1v) is 10.6. The average Bonchev–Trinajstić information content (AvgIpc) is 3.08. The number of likely N-dealkylation sites (tertiary alicyclic amines) is 1. The van der Waals surface area contributed by atoms with Crippen molar-refractivity contribution in [2.45, 2.75) is 50.1 Å². The van der Waals surface area contributed by atoms with E-state index in [1.165, 1.54) is 11.3 Å². The molecule has 7 nitrogen and oxygen atoms in total. The number of β-lactam (4-membered cyclic amide) rings is 1. The van der Waals surface area contributed by atoms with Crippen LogP contribution in [0.4, 0.5) is 0 Å². The Kier molecular flexibility index (Phi) is 4.98. The first-order chi connectivity index (χ1) is 12.9. The summed E-state index contributed by atoms with van der Waals surface area (Å²) in [6, 6.07) is 0.0696. The number of amides is 1. The molecular formula is C19H27N3O4S. The van der Waals surface area contributed by atoms with E-state index in [1.54, 1.807) is 18.7 Å². The number of nitrogens with zero attached hydrogens (tertiary/aromatic N) is 2. The van der Waals surface area contributed by atoms with Crippen molar-refractivity contribution in [1.82, 2.24) is 15.1 Å². The lowest BCUT2D eigenvalue weighted by molar-refractivity contribution is -0.163. The molecule has 148 valence electrons. The van der Waals surface area contributed by atoms with Crippen LogP contribution in [0.2, 0.25) is 0 Å². The van der Waals surface area contributed by atoms with Gasteiger partial charge in [0.25, 0.3) is 0 Å². The zero-order valence-corrected chi connectivity index (χ0v) is 16.5. The Hall–Kier alpha value is -1.51. The highest BCUT2D eigenvalue weighted by Crippen LogP contribution is 2.51. The van der Waals surface area contributed by atoms with Gasteiger partial charge in [-0.3, -0.25) is 4.79 Å². The largest absolute Gasteiger partial charge is 0.477 e. The SMILES string of the molecule is C[C@@H](O)[C@H]1C(=O)N2C(C(=O)O)=C(S[C@@H]3CN[C@H](/C=C/N4CCC4)C3)[C@H](C)[C@H]12. The van der Waals surface area contributed by atoms with Gasteiger partial charge in [0.2, 0.25) is 5.91 Å². The summed E-state index contributed by atoms with van der Waals surface area (Å²) >= 11 is 1.59. The molecule has 4 rings (SSSR count). The van der Waals surface area contributed by atoms with Crippen LogP contribution in [0.25, 0.3) is 0 Å². The highest BCUT2D eigenvalue weighted by Gasteiger charge is 2.60. The van der Waals surface area contributed by atoms with Crippen LogP contribution in [-0.4, -0.2) is 75.0 Å². The summed E-state index contributed by atoms with van der Waals surface area (Å²) < 4.78 is 0. The van der Waals surface area contributed by atoms with E-state index in [0.717, 1.165) is 31.0 Å². The number of carbonyl (C=O) groups excluding carboxylic acids is 1. The number of rotatable bonds is 6. The van der Waals surface area contributed by atoms with Crippen molar-refractivity contribution in [1.29, 1.82) is 0 Å². The Labute approximate surface area is 163 Å². The summed E-state index contributed by atoms with van der Waals surface area (Å²) in [4.78, 5) is 28.7. The van der Waals surface area contributed by atoms with Gasteiger partial charge in [0.15, 0.2) is 0 Å². The van der Waals surface area contributed by atoms with E-state index in [1.807, 2.05) is 6.92 Å². The monoisotopic (exact) mass is 393 g/mol. The van der Waals surface area contributed by atoms with Gasteiger partial charge < -0.3 is 25.3 Å². The molecule has 0 aromatic heterocycles. The lowest BCUT2D eigenvalue weighted by Crippen LogP contribution is -2.63. The van der Waals surface area contributed by atoms with Crippen molar-refractivity contribution in [3.05, 3.63) is 22.9 Å². The first kappa shape index (κ1) is 18.8. The molecule has 0 unspecified atom stereocenters. The Morgan fingerprint density at radius 1 is 1.41 bits per heavy atom. The number of aliphatic hydroxyl groups is 1. The second-order valence-corrected chi connectivity index (χ2v) is 9.34. The number of carboxylic acid groups (broad SMARTS) is 1. The number of carbonyl (C=O) groups is 2. The lowest BCUT2D eigenvalue weighted by Gasteiger charge is -2.46. The number of hydrogen-bond acceptors (Lipinski definition) is 6. The summed E-state index contributed by atoms with van der Waals surface area (Å²) in [6.07, 6.45) is 5.80. The predicted molar refractivity (Wildman–Crippen MR) is 103 cm³/mol. The molecule has 0 aromatic carbocycles. The van der Waals surface area contributed by atoms with Gasteiger partial charge in [-0.1, -0.05) is 13.0 Å². The number of hydrogen-bond donors (Lipinski definition) is 3. The van der Waals surface area contributed by atoms with Crippen LogP contribution in [-0.2, 0) is 9.59 Å². The minimum atomic E-state index is -1.05. The molecule has 0 spiro atoms. The van der Waals surface area contributed by atoms with Crippen LogP contribution in [0.1, 0.15) is 26.7 Å². The normalized spacial score (nSPS) is 36.9. The van der Waals surface area contributed by atoms with Crippen molar-refractivity contribution in [2.75, 3.05) is 19.6 Å². The van der Waals surface area contributed by atoms with Crippen LogP contribution in [0.5, 0.6) is 0 Å². The summed E-state index contributed by atoms with van der Waals surface area (Å²) in [5.41, 5.74) is 0.124. The molecule has 6 atom stereocenters. The van der Waals surface area contributed by atoms with Crippen LogP contribution < -0.4 is 5.32 Å². The highest BCUT2D eigenvalue weighted by molar-refractivity contribution is 8.03. The molecule has 3 fully saturated rings. The van der Waals surface area contributed by atoms with Crippen molar-refractivity contribution < 1.29 is 19.8 Å². The fraction of sp³-hybridized carbons (Fsp3) is 0.684. The summed E-state index contributed by atoms with van der Waals surface area (Å²) in [6.45, 7) is 6.66. The number of thioether (sulfide) groups is 1. The van der Waals surface area contributed by atoms with E-state index >= 15 is 0 Å². The smallest absolute Gasteiger partial charge is 0.353 e. The molecule has 4 aliphatic heterocycles. The maximum absolute atomic E-state index is 12.4. The first-order valence-electron chi connectivity index (χ1n) is 9.69. The van der Waals surface area contributed by atoms with Crippen LogP contribution >= 0.6 is 11.8 Å². The third-order valence-corrected chi connectivity index (χ3v) is 7.66. The molecule has 3 saturated heterocycles. The number of nitrogens with one attached hydrogen (secondary N) is 1. The van der Waals surface area contributed by atoms with Crippen molar-refractivity contribution in [3.63, 3.8) is 0 Å². The number of carboxylic acids is 1. The quantitative estimate of drug-likeness (QED) is 0.576. The van der Waals surface area contributed by atoms with E-state index in [9.17, 15) is 19.8 Å². The Morgan fingerprint density at radius 2 is 2.15 bits per heavy atom. The minimum absolute atomic E-state index is 0.0610. The maximum Gasteiger partial charge on any atom is 0.353 e. The number of aliphatic hydroxyl groups excluding tert-OH is 1. The van der Waals surface area contributed by atoms with Crippen molar-refractivity contribution in [2.24, 2.45) is 11.8 Å². The average molecular weight is 394 g/mol. The fourth-order valence-electron chi connectivity index (χ4n) is 4.54. The van der Waals surface area contributed by atoms with Gasteiger partial charge in [0.1, 0.15) is 5.70 Å². The van der Waals surface area contributed by atoms with E-state index < -0.39 is 18.0 Å². The van der Waals surface area contributed by atoms with Crippen molar-refractivity contribution in [3.8, 4) is 0 Å². The second-order valence-electron chi connectivity index (χ2n) is 7.99. The molecule has 0 radical (unpaired) electrons. The Bertz CT molecular complexity index is 703. The Balaban J connectivity index is 1.45. The molecule has 3 N–H and O–H groups in total. The molecule has 0 aliphatic carbocycles. The third kappa shape index (κ3) is 3.17. The lowest BCUT2D eigenvalue weighted by atomic mass is 9.79. The molecule has 27 heavy (non-hydrogen) atoms. The van der Waals surface area contributed by atoms with Gasteiger partial charge in [-0.15, -0.1) is 11.8 Å². The van der Waals surface area contributed by atoms with Gasteiger partial charge in [-0.05, 0) is 26.0 Å². The zero-order valence-electron chi connectivity index (χ0n) is 15.7. The van der Waals surface area contributed by atoms with Gasteiger partial charge in [-0.25, -0.2) is 4.79 Å². The number of aliphatic carboxylic acids is 1. The van der Waals surface area contributed by atoms with Gasteiger partial charge in [-0.2, -0.15) is 0 Å². The molecule has 0 bridgehead atoms. The van der Waals surface area contributed by atoms with E-state index in [4.69, 9.17) is 0 Å². The second kappa shape index (κ2) is 7.14. The molecule has 0 aromatic rings. The van der Waals surface area contributed by atoms with E-state index in [-0.39, 0.29) is 28.8 Å². The third-order valence-electron chi connectivity index (χ3n) is 6.15. The zero-order chi connectivity index (χ0) is 19.3. The molecule has 8 heteroatoms. The molecule has 1 amide bonds. The summed E-state index contributed by atoms with van der Waals surface area (Å²) in [7, 11) is 0. The Morgan fingerprint density at radius 3 is 2.74 bits per heavy atom. The van der Waals surface area contributed by atoms with Gasteiger partial charge in [0.05, 0.1) is 18.1 Å². The van der Waals surface area contributed by atoms with Crippen molar-refractivity contribution >= 4 is 23.6 Å². The van der Waals surface area contributed by atoms with E-state index in [0.29, 0.717) is 6.04 Å². The number of fused-ring (bicyclic) bond motifs is 1. The predicted octanol–water partition coefficient (Wildman–Crippen LogP) is 0.823. The van der Waals surface area contributed by atoms with Crippen LogP contribution in [0.15, 0.2) is 22.9 Å². The minimum Gasteiger partial charge on any atom is -0.477 e. The maximum atomic E-state index is 12.4. The fourth-order valence-corrected chi connectivity index (χ4v) is 6.04.